The Labute approximate surface area is 116 Å². The van der Waals surface area contributed by atoms with Crippen LogP contribution in [0.3, 0.4) is 0 Å². The van der Waals surface area contributed by atoms with Crippen molar-refractivity contribution < 1.29 is 27.9 Å². The summed E-state index contributed by atoms with van der Waals surface area (Å²) < 4.78 is 37.0. The fourth-order valence-corrected chi connectivity index (χ4v) is 1.85. The van der Waals surface area contributed by atoms with Crippen LogP contribution in [0.5, 0.6) is 0 Å². The topological polar surface area (TPSA) is 72.6 Å². The SMILES string of the molecule is COCc1c(Cl)cc(-c2cc(C(=O)O)on2)c(F)c1F. The maximum absolute atomic E-state index is 13.9. The van der Waals surface area contributed by atoms with Gasteiger partial charge >= 0.3 is 5.97 Å². The summed E-state index contributed by atoms with van der Waals surface area (Å²) in [5.41, 5.74) is -0.578. The van der Waals surface area contributed by atoms with Crippen LogP contribution in [-0.2, 0) is 11.3 Å². The molecule has 0 aliphatic carbocycles. The number of carboxylic acid groups (broad SMARTS) is 1. The van der Waals surface area contributed by atoms with Gasteiger partial charge in [0.15, 0.2) is 11.6 Å². The third kappa shape index (κ3) is 2.50. The third-order valence-electron chi connectivity index (χ3n) is 2.54. The minimum absolute atomic E-state index is 0.0550. The van der Waals surface area contributed by atoms with Crippen molar-refractivity contribution >= 4 is 17.6 Å². The lowest BCUT2D eigenvalue weighted by molar-refractivity contribution is 0.0652. The molecule has 0 saturated carbocycles. The van der Waals surface area contributed by atoms with Gasteiger partial charge in [-0.2, -0.15) is 0 Å². The van der Waals surface area contributed by atoms with Crippen molar-refractivity contribution in [3.63, 3.8) is 0 Å². The second-order valence-corrected chi connectivity index (χ2v) is 4.23. The standard InChI is InChI=1S/C12H8ClF2NO4/c1-19-4-6-7(13)2-5(10(14)11(6)15)8-3-9(12(17)18)20-16-8/h2-3H,4H2,1H3,(H,17,18). The Hall–Kier alpha value is -1.99. The zero-order chi connectivity index (χ0) is 14.9. The Balaban J connectivity index is 2.54. The van der Waals surface area contributed by atoms with E-state index < -0.39 is 23.4 Å². The first-order chi connectivity index (χ1) is 9.45. The van der Waals surface area contributed by atoms with E-state index >= 15 is 0 Å². The molecule has 2 aromatic rings. The first-order valence-corrected chi connectivity index (χ1v) is 5.69. The monoisotopic (exact) mass is 303 g/mol. The van der Waals surface area contributed by atoms with E-state index in [2.05, 4.69) is 9.68 Å². The number of carbonyl (C=O) groups is 1. The van der Waals surface area contributed by atoms with Gasteiger partial charge < -0.3 is 14.4 Å². The van der Waals surface area contributed by atoms with Gasteiger partial charge in [0, 0.05) is 29.3 Å². The van der Waals surface area contributed by atoms with Crippen molar-refractivity contribution in [1.82, 2.24) is 5.16 Å². The second-order valence-electron chi connectivity index (χ2n) is 3.83. The van der Waals surface area contributed by atoms with Gasteiger partial charge in [-0.3, -0.25) is 0 Å². The molecule has 1 N–H and O–H groups in total. The predicted molar refractivity (Wildman–Crippen MR) is 64.5 cm³/mol. The molecule has 1 aromatic carbocycles. The summed E-state index contributed by atoms with van der Waals surface area (Å²) in [5.74, 6) is -4.23. The van der Waals surface area contributed by atoms with Crippen molar-refractivity contribution in [2.75, 3.05) is 7.11 Å². The van der Waals surface area contributed by atoms with Gasteiger partial charge in [-0.05, 0) is 6.07 Å². The molecule has 0 saturated heterocycles. The van der Waals surface area contributed by atoms with Crippen LogP contribution in [0.25, 0.3) is 11.3 Å². The van der Waals surface area contributed by atoms with Crippen molar-refractivity contribution in [3.05, 3.63) is 40.1 Å². The van der Waals surface area contributed by atoms with E-state index in [4.69, 9.17) is 21.4 Å². The molecule has 0 fully saturated rings. The van der Waals surface area contributed by atoms with Crippen LogP contribution in [0.15, 0.2) is 16.7 Å². The molecule has 0 spiro atoms. The van der Waals surface area contributed by atoms with Gasteiger partial charge in [-0.1, -0.05) is 16.8 Å². The molecule has 0 unspecified atom stereocenters. The molecule has 20 heavy (non-hydrogen) atoms. The fraction of sp³-hybridized carbons (Fsp3) is 0.167. The normalized spacial score (nSPS) is 10.8. The average Bonchev–Trinajstić information content (AvgIpc) is 2.88. The van der Waals surface area contributed by atoms with Crippen molar-refractivity contribution in [2.45, 2.75) is 6.61 Å². The Morgan fingerprint density at radius 2 is 2.15 bits per heavy atom. The highest BCUT2D eigenvalue weighted by atomic mass is 35.5. The molecule has 0 aliphatic heterocycles. The lowest BCUT2D eigenvalue weighted by atomic mass is 10.1. The fourth-order valence-electron chi connectivity index (χ4n) is 1.60. The van der Waals surface area contributed by atoms with Crippen LogP contribution in [0.4, 0.5) is 8.78 Å². The highest BCUT2D eigenvalue weighted by Crippen LogP contribution is 2.31. The van der Waals surface area contributed by atoms with E-state index in [1.165, 1.54) is 7.11 Å². The smallest absolute Gasteiger partial charge is 0.374 e. The molecule has 0 atom stereocenters. The lowest BCUT2D eigenvalue weighted by Gasteiger charge is -2.08. The highest BCUT2D eigenvalue weighted by Gasteiger charge is 2.22. The van der Waals surface area contributed by atoms with Crippen LogP contribution in [0.2, 0.25) is 5.02 Å². The minimum atomic E-state index is -1.37. The molecular weight excluding hydrogens is 296 g/mol. The molecule has 1 aromatic heterocycles. The quantitative estimate of drug-likeness (QED) is 0.879. The number of aromatic nitrogens is 1. The van der Waals surface area contributed by atoms with Gasteiger partial charge in [0.2, 0.25) is 5.76 Å². The predicted octanol–water partition coefficient (Wildman–Crippen LogP) is 3.12. The molecule has 2 rings (SSSR count). The zero-order valence-corrected chi connectivity index (χ0v) is 10.9. The van der Waals surface area contributed by atoms with Crippen LogP contribution < -0.4 is 0 Å². The highest BCUT2D eigenvalue weighted by molar-refractivity contribution is 6.31. The summed E-state index contributed by atoms with van der Waals surface area (Å²) >= 11 is 5.84. The molecule has 106 valence electrons. The number of nitrogens with zero attached hydrogens (tertiary/aromatic N) is 1. The Morgan fingerprint density at radius 1 is 1.45 bits per heavy atom. The minimum Gasteiger partial charge on any atom is -0.475 e. The van der Waals surface area contributed by atoms with E-state index in [9.17, 15) is 13.6 Å². The molecular formula is C12H8ClF2NO4. The maximum atomic E-state index is 13.9. The number of ether oxygens (including phenoxy) is 1. The first-order valence-electron chi connectivity index (χ1n) is 5.31. The van der Waals surface area contributed by atoms with E-state index in [-0.39, 0.29) is 28.5 Å². The van der Waals surface area contributed by atoms with Crippen molar-refractivity contribution in [1.29, 1.82) is 0 Å². The third-order valence-corrected chi connectivity index (χ3v) is 2.88. The molecule has 0 bridgehead atoms. The number of carboxylic acids is 1. The van der Waals surface area contributed by atoms with Crippen LogP contribution in [0, 0.1) is 11.6 Å². The number of rotatable bonds is 4. The van der Waals surface area contributed by atoms with Gasteiger partial charge in [-0.15, -0.1) is 0 Å². The molecule has 5 nitrogen and oxygen atoms in total. The van der Waals surface area contributed by atoms with E-state index in [1.807, 2.05) is 0 Å². The summed E-state index contributed by atoms with van der Waals surface area (Å²) in [6.45, 7) is -0.193. The summed E-state index contributed by atoms with van der Waals surface area (Å²) in [7, 11) is 1.32. The second kappa shape index (κ2) is 5.56. The first kappa shape index (κ1) is 14.4. The van der Waals surface area contributed by atoms with Gasteiger partial charge in [0.25, 0.3) is 0 Å². The summed E-state index contributed by atoms with van der Waals surface area (Å²) in [6.07, 6.45) is 0. The Bertz CT molecular complexity index is 672. The summed E-state index contributed by atoms with van der Waals surface area (Å²) in [6, 6.07) is 2.12. The number of hydrogen-bond donors (Lipinski definition) is 1. The average molecular weight is 304 g/mol. The molecule has 0 amide bonds. The molecule has 0 radical (unpaired) electrons. The van der Waals surface area contributed by atoms with Gasteiger partial charge in [0.1, 0.15) is 5.69 Å². The number of halogens is 3. The van der Waals surface area contributed by atoms with Crippen LogP contribution >= 0.6 is 11.6 Å². The van der Waals surface area contributed by atoms with Gasteiger partial charge in [0.05, 0.1) is 6.61 Å². The number of hydrogen-bond acceptors (Lipinski definition) is 4. The van der Waals surface area contributed by atoms with Crippen LogP contribution in [0.1, 0.15) is 16.1 Å². The molecule has 0 aliphatic rings. The molecule has 1 heterocycles. The van der Waals surface area contributed by atoms with E-state index in [1.54, 1.807) is 0 Å². The maximum Gasteiger partial charge on any atom is 0.374 e. The number of benzene rings is 1. The Morgan fingerprint density at radius 3 is 2.70 bits per heavy atom. The largest absolute Gasteiger partial charge is 0.475 e. The van der Waals surface area contributed by atoms with E-state index in [0.29, 0.717) is 0 Å². The summed E-state index contributed by atoms with van der Waals surface area (Å²) in [4.78, 5) is 10.7. The van der Waals surface area contributed by atoms with E-state index in [0.717, 1.165) is 12.1 Å². The molecule has 8 heteroatoms. The Kier molecular flexibility index (Phi) is 4.01. The number of methoxy groups -OCH3 is 1. The number of aromatic carboxylic acids is 1. The summed E-state index contributed by atoms with van der Waals surface area (Å²) in [5, 5.41) is 12.0. The van der Waals surface area contributed by atoms with Gasteiger partial charge in [-0.25, -0.2) is 13.6 Å². The van der Waals surface area contributed by atoms with Crippen molar-refractivity contribution in [3.8, 4) is 11.3 Å². The zero-order valence-electron chi connectivity index (χ0n) is 10.1. The van der Waals surface area contributed by atoms with Crippen molar-refractivity contribution in [2.24, 2.45) is 0 Å². The van der Waals surface area contributed by atoms with Crippen LogP contribution in [-0.4, -0.2) is 23.3 Å². The lowest BCUT2D eigenvalue weighted by Crippen LogP contribution is -2.00.